The van der Waals surface area contributed by atoms with Gasteiger partial charge in [-0.1, -0.05) is 12.1 Å². The molecular weight excluding hydrogens is 401 g/mol. The van der Waals surface area contributed by atoms with Crippen molar-refractivity contribution in [2.45, 2.75) is 19.5 Å². The van der Waals surface area contributed by atoms with E-state index < -0.39 is 23.5 Å². The van der Waals surface area contributed by atoms with Gasteiger partial charge in [-0.25, -0.2) is 4.39 Å². The first kappa shape index (κ1) is 20.4. The average molecular weight is 421 g/mol. The van der Waals surface area contributed by atoms with Crippen LogP contribution in [0.25, 0.3) is 5.76 Å². The lowest BCUT2D eigenvalue weighted by Crippen LogP contribution is -2.29. The van der Waals surface area contributed by atoms with Crippen LogP contribution in [-0.2, 0) is 16.1 Å². The minimum atomic E-state index is -0.896. The van der Waals surface area contributed by atoms with Crippen molar-refractivity contribution < 1.29 is 28.2 Å². The summed E-state index contributed by atoms with van der Waals surface area (Å²) in [6, 6.07) is 13.0. The lowest BCUT2D eigenvalue weighted by Gasteiger charge is -2.24. The minimum absolute atomic E-state index is 0.0258. The van der Waals surface area contributed by atoms with E-state index in [1.54, 1.807) is 37.3 Å². The summed E-state index contributed by atoms with van der Waals surface area (Å²) >= 11 is 0. The lowest BCUT2D eigenvalue weighted by atomic mass is 9.94. The number of carbonyl (C=O) groups is 2. The molecule has 1 fully saturated rings. The quantitative estimate of drug-likeness (QED) is 0.376. The number of carbonyl (C=O) groups excluding carboxylic acids is 2. The van der Waals surface area contributed by atoms with Gasteiger partial charge in [0.2, 0.25) is 0 Å². The smallest absolute Gasteiger partial charge is 0.296 e. The van der Waals surface area contributed by atoms with Crippen LogP contribution in [0.1, 0.15) is 28.5 Å². The highest BCUT2D eigenvalue weighted by molar-refractivity contribution is 6.46. The topological polar surface area (TPSA) is 80.0 Å². The van der Waals surface area contributed by atoms with Crippen LogP contribution in [0.4, 0.5) is 4.39 Å². The van der Waals surface area contributed by atoms with Crippen LogP contribution in [0, 0.1) is 12.7 Å². The van der Waals surface area contributed by atoms with Crippen molar-refractivity contribution in [1.82, 2.24) is 4.90 Å². The second kappa shape index (κ2) is 8.10. The highest BCUT2D eigenvalue weighted by atomic mass is 19.1. The molecule has 1 aliphatic rings. The molecule has 0 saturated carbocycles. The number of Topliss-reactive ketones (excluding diaryl/α,β-unsaturated/α-hetero) is 1. The van der Waals surface area contributed by atoms with Crippen LogP contribution >= 0.6 is 0 Å². The van der Waals surface area contributed by atoms with Gasteiger partial charge in [0.15, 0.2) is 0 Å². The van der Waals surface area contributed by atoms with E-state index in [4.69, 9.17) is 9.15 Å². The fraction of sp³-hybridized carbons (Fsp3) is 0.167. The molecule has 0 aliphatic carbocycles. The average Bonchev–Trinajstić information content (AvgIpc) is 3.36. The summed E-state index contributed by atoms with van der Waals surface area (Å²) < 4.78 is 24.1. The van der Waals surface area contributed by atoms with Gasteiger partial charge in [0.1, 0.15) is 23.1 Å². The Morgan fingerprint density at radius 3 is 2.52 bits per heavy atom. The molecule has 0 radical (unpaired) electrons. The Morgan fingerprint density at radius 2 is 1.90 bits per heavy atom. The first-order valence-electron chi connectivity index (χ1n) is 9.62. The maximum Gasteiger partial charge on any atom is 0.296 e. The monoisotopic (exact) mass is 421 g/mol. The van der Waals surface area contributed by atoms with Gasteiger partial charge >= 0.3 is 0 Å². The van der Waals surface area contributed by atoms with Gasteiger partial charge < -0.3 is 19.2 Å². The van der Waals surface area contributed by atoms with Crippen LogP contribution in [-0.4, -0.2) is 28.8 Å². The molecule has 1 unspecified atom stereocenters. The molecule has 2 aromatic carbocycles. The number of nitrogens with zero attached hydrogens (tertiary/aromatic N) is 1. The Kier molecular flexibility index (Phi) is 5.33. The molecule has 0 spiro atoms. The zero-order valence-electron chi connectivity index (χ0n) is 17.0. The van der Waals surface area contributed by atoms with Gasteiger partial charge in [0.25, 0.3) is 11.7 Å². The number of aliphatic hydroxyl groups is 1. The fourth-order valence-corrected chi connectivity index (χ4v) is 3.78. The van der Waals surface area contributed by atoms with E-state index in [1.807, 2.05) is 0 Å². The van der Waals surface area contributed by atoms with Gasteiger partial charge in [-0.05, 0) is 60.5 Å². The third kappa shape index (κ3) is 3.70. The number of rotatable bonds is 5. The Labute approximate surface area is 178 Å². The summed E-state index contributed by atoms with van der Waals surface area (Å²) in [5, 5.41) is 11.1. The molecule has 1 aliphatic heterocycles. The minimum Gasteiger partial charge on any atom is -0.507 e. The van der Waals surface area contributed by atoms with Crippen molar-refractivity contribution in [1.29, 1.82) is 0 Å². The number of hydrogen-bond acceptors (Lipinski definition) is 5. The summed E-state index contributed by atoms with van der Waals surface area (Å²) in [5.74, 6) is -1.24. The Morgan fingerprint density at radius 1 is 1.16 bits per heavy atom. The number of methoxy groups -OCH3 is 1. The standard InChI is InChI=1S/C24H20FNO5/c1-14-12-17(30-2)9-10-19(14)22(27)20-21(15-5-7-16(25)8-6-15)26(24(29)23(20)28)13-18-4-3-11-31-18/h3-12,21,27H,13H2,1-2H3/b22-20-. The molecule has 7 heteroatoms. The predicted octanol–water partition coefficient (Wildman–Crippen LogP) is 4.36. The maximum absolute atomic E-state index is 13.5. The zero-order valence-corrected chi connectivity index (χ0v) is 17.0. The number of ketones is 1. The Balaban J connectivity index is 1.87. The number of hydrogen-bond donors (Lipinski definition) is 1. The maximum atomic E-state index is 13.5. The van der Waals surface area contributed by atoms with Crippen molar-refractivity contribution in [2.75, 3.05) is 7.11 Å². The van der Waals surface area contributed by atoms with Crippen molar-refractivity contribution in [3.63, 3.8) is 0 Å². The van der Waals surface area contributed by atoms with Crippen molar-refractivity contribution >= 4 is 17.4 Å². The highest BCUT2D eigenvalue weighted by Crippen LogP contribution is 2.41. The highest BCUT2D eigenvalue weighted by Gasteiger charge is 2.46. The molecule has 1 aromatic heterocycles. The lowest BCUT2D eigenvalue weighted by molar-refractivity contribution is -0.140. The van der Waals surface area contributed by atoms with Gasteiger partial charge in [0.05, 0.1) is 31.5 Å². The predicted molar refractivity (Wildman–Crippen MR) is 111 cm³/mol. The van der Waals surface area contributed by atoms with Crippen molar-refractivity contribution in [3.05, 3.63) is 94.7 Å². The van der Waals surface area contributed by atoms with E-state index in [0.717, 1.165) is 0 Å². The second-order valence-electron chi connectivity index (χ2n) is 7.24. The number of halogens is 1. The van der Waals surface area contributed by atoms with Gasteiger partial charge in [-0.3, -0.25) is 9.59 Å². The zero-order chi connectivity index (χ0) is 22.1. The molecule has 3 aromatic rings. The molecule has 1 amide bonds. The molecular formula is C24H20FNO5. The van der Waals surface area contributed by atoms with Crippen LogP contribution in [0.3, 0.4) is 0 Å². The largest absolute Gasteiger partial charge is 0.507 e. The first-order valence-corrected chi connectivity index (χ1v) is 9.62. The summed E-state index contributed by atoms with van der Waals surface area (Å²) in [4.78, 5) is 27.2. The van der Waals surface area contributed by atoms with E-state index in [0.29, 0.717) is 28.2 Å². The van der Waals surface area contributed by atoms with E-state index >= 15 is 0 Å². The van der Waals surface area contributed by atoms with E-state index in [-0.39, 0.29) is 17.9 Å². The number of ether oxygens (including phenoxy) is 1. The summed E-state index contributed by atoms with van der Waals surface area (Å²) in [5.41, 5.74) is 1.52. The van der Waals surface area contributed by atoms with Crippen molar-refractivity contribution in [2.24, 2.45) is 0 Å². The molecule has 4 rings (SSSR count). The summed E-state index contributed by atoms with van der Waals surface area (Å²) in [6.45, 7) is 1.79. The van der Waals surface area contributed by atoms with E-state index in [9.17, 15) is 19.1 Å². The SMILES string of the molecule is COc1ccc(/C(O)=C2/C(=O)C(=O)N(Cc3ccco3)C2c2ccc(F)cc2)c(C)c1. The van der Waals surface area contributed by atoms with Gasteiger partial charge in [0, 0.05) is 5.56 Å². The molecule has 6 nitrogen and oxygen atoms in total. The molecule has 31 heavy (non-hydrogen) atoms. The normalized spacial score (nSPS) is 17.9. The number of benzene rings is 2. The first-order chi connectivity index (χ1) is 14.9. The summed E-state index contributed by atoms with van der Waals surface area (Å²) in [6.07, 6.45) is 1.47. The van der Waals surface area contributed by atoms with Crippen molar-refractivity contribution in [3.8, 4) is 5.75 Å². The number of aliphatic hydroxyl groups excluding tert-OH is 1. The van der Waals surface area contributed by atoms with E-state index in [2.05, 4.69) is 0 Å². The molecule has 1 saturated heterocycles. The van der Waals surface area contributed by atoms with Gasteiger partial charge in [-0.2, -0.15) is 0 Å². The van der Waals surface area contributed by atoms with E-state index in [1.165, 1.54) is 42.5 Å². The van der Waals surface area contributed by atoms with Crippen LogP contribution in [0.5, 0.6) is 5.75 Å². The molecule has 2 heterocycles. The van der Waals surface area contributed by atoms with Crippen LogP contribution in [0.2, 0.25) is 0 Å². The molecule has 1 atom stereocenters. The molecule has 158 valence electrons. The number of aryl methyl sites for hydroxylation is 1. The van der Waals surface area contributed by atoms with Crippen LogP contribution in [0.15, 0.2) is 70.9 Å². The second-order valence-corrected chi connectivity index (χ2v) is 7.24. The fourth-order valence-electron chi connectivity index (χ4n) is 3.78. The Bertz CT molecular complexity index is 1170. The third-order valence-corrected chi connectivity index (χ3v) is 5.32. The number of furan rings is 1. The molecule has 1 N–H and O–H groups in total. The van der Waals surface area contributed by atoms with Gasteiger partial charge in [-0.15, -0.1) is 0 Å². The number of likely N-dealkylation sites (tertiary alicyclic amines) is 1. The Hall–Kier alpha value is -3.87. The molecule has 0 bridgehead atoms. The third-order valence-electron chi connectivity index (χ3n) is 5.32. The number of amides is 1. The van der Waals surface area contributed by atoms with Crippen LogP contribution < -0.4 is 4.74 Å². The summed E-state index contributed by atoms with van der Waals surface area (Å²) in [7, 11) is 1.53.